The minimum Gasteiger partial charge on any atom is -0.370 e. The summed E-state index contributed by atoms with van der Waals surface area (Å²) in [4.78, 5) is 50.2. The largest absolute Gasteiger partial charge is 0.418 e. The summed E-state index contributed by atoms with van der Waals surface area (Å²) in [6.45, 7) is -0.676. The van der Waals surface area contributed by atoms with Crippen LogP contribution < -0.4 is 26.2 Å². The first kappa shape index (κ1) is 27.2. The maximum absolute atomic E-state index is 13.8. The van der Waals surface area contributed by atoms with Crippen molar-refractivity contribution in [2.24, 2.45) is 0 Å². The molecule has 2 aromatic rings. The number of ether oxygens (including phenoxy) is 1. The molecule has 194 valence electrons. The zero-order valence-electron chi connectivity index (χ0n) is 18.7. The lowest BCUT2D eigenvalue weighted by molar-refractivity contribution is -0.137. The fourth-order valence-electron chi connectivity index (χ4n) is 3.24. The zero-order valence-corrected chi connectivity index (χ0v) is 20.3. The van der Waals surface area contributed by atoms with Gasteiger partial charge in [0.25, 0.3) is 11.8 Å². The van der Waals surface area contributed by atoms with Crippen LogP contribution in [-0.4, -0.2) is 63.1 Å². The Kier molecular flexibility index (Phi) is 8.76. The van der Waals surface area contributed by atoms with Gasteiger partial charge in [0.1, 0.15) is 12.6 Å². The van der Waals surface area contributed by atoms with Crippen molar-refractivity contribution < 1.29 is 37.1 Å². The third kappa shape index (κ3) is 6.86. The molecule has 0 radical (unpaired) electrons. The van der Waals surface area contributed by atoms with Gasteiger partial charge in [-0.3, -0.25) is 14.4 Å². The zero-order chi connectivity index (χ0) is 26.5. The Morgan fingerprint density at radius 1 is 1.22 bits per heavy atom. The Morgan fingerprint density at radius 3 is 2.58 bits per heavy atom. The molecule has 36 heavy (non-hydrogen) atoms. The summed E-state index contributed by atoms with van der Waals surface area (Å²) in [7, 11) is 1.30. The molecule has 0 bridgehead atoms. The third-order valence-corrected chi connectivity index (χ3v) is 6.19. The van der Waals surface area contributed by atoms with E-state index in [0.717, 1.165) is 22.3 Å². The first-order chi connectivity index (χ1) is 17.0. The van der Waals surface area contributed by atoms with Crippen molar-refractivity contribution >= 4 is 58.1 Å². The predicted octanol–water partition coefficient (Wildman–Crippen LogP) is 2.45. The summed E-state index contributed by atoms with van der Waals surface area (Å²) in [5, 5.41) is 9.37. The van der Waals surface area contributed by atoms with Crippen molar-refractivity contribution in [2.45, 2.75) is 12.2 Å². The van der Waals surface area contributed by atoms with E-state index in [1.54, 1.807) is 0 Å². The average Bonchev–Trinajstić information content (AvgIpc) is 3.27. The summed E-state index contributed by atoms with van der Waals surface area (Å²) in [6.07, 6.45) is -4.83. The molecular weight excluding hydrogens is 527 g/mol. The first-order valence-corrected chi connectivity index (χ1v) is 11.6. The molecule has 15 heteroatoms. The number of halogens is 4. The van der Waals surface area contributed by atoms with Crippen LogP contribution in [-0.2, 0) is 20.5 Å². The number of urea groups is 1. The predicted molar refractivity (Wildman–Crippen MR) is 126 cm³/mol. The molecule has 10 nitrogen and oxygen atoms in total. The maximum atomic E-state index is 13.8. The molecule has 4 N–H and O–H groups in total. The molecule has 0 aliphatic carbocycles. The van der Waals surface area contributed by atoms with Gasteiger partial charge in [0.05, 0.1) is 27.1 Å². The number of rotatable bonds is 7. The van der Waals surface area contributed by atoms with E-state index in [2.05, 4.69) is 21.3 Å². The lowest BCUT2D eigenvalue weighted by Gasteiger charge is -2.29. The smallest absolute Gasteiger partial charge is 0.370 e. The van der Waals surface area contributed by atoms with E-state index in [1.807, 2.05) is 0 Å². The van der Waals surface area contributed by atoms with Gasteiger partial charge >= 0.3 is 12.2 Å². The number of nitrogens with one attached hydrogen (secondary N) is 4. The molecule has 0 spiro atoms. The van der Waals surface area contributed by atoms with Gasteiger partial charge in [0, 0.05) is 25.8 Å². The number of hydrogen-bond donors (Lipinski definition) is 4. The van der Waals surface area contributed by atoms with Gasteiger partial charge < -0.3 is 30.9 Å². The van der Waals surface area contributed by atoms with Crippen molar-refractivity contribution in [2.75, 3.05) is 43.6 Å². The van der Waals surface area contributed by atoms with Crippen LogP contribution in [0.1, 0.15) is 15.2 Å². The quantitative estimate of drug-likeness (QED) is 0.423. The van der Waals surface area contributed by atoms with Crippen LogP contribution in [0.4, 0.5) is 29.3 Å². The van der Waals surface area contributed by atoms with Gasteiger partial charge in [-0.2, -0.15) is 13.2 Å². The molecule has 1 aliphatic rings. The van der Waals surface area contributed by atoms with Crippen molar-refractivity contribution in [3.05, 3.63) is 45.1 Å². The van der Waals surface area contributed by atoms with Crippen LogP contribution in [0.5, 0.6) is 0 Å². The van der Waals surface area contributed by atoms with Crippen LogP contribution in [0.25, 0.3) is 0 Å². The van der Waals surface area contributed by atoms with Crippen molar-refractivity contribution in [1.82, 2.24) is 16.0 Å². The molecule has 2 heterocycles. The molecular formula is C21H21ClF3N5O5S. The molecule has 1 aromatic carbocycles. The summed E-state index contributed by atoms with van der Waals surface area (Å²) < 4.78 is 46.7. The molecule has 0 unspecified atom stereocenters. The highest BCUT2D eigenvalue weighted by atomic mass is 35.5. The first-order valence-electron chi connectivity index (χ1n) is 10.4. The monoisotopic (exact) mass is 547 g/mol. The second kappa shape index (κ2) is 11.6. The van der Waals surface area contributed by atoms with Gasteiger partial charge in [0.15, 0.2) is 0 Å². The number of carbonyl (C=O) groups excluding carboxylic acids is 4. The van der Waals surface area contributed by atoms with Crippen LogP contribution in [0.2, 0.25) is 4.34 Å². The number of benzene rings is 1. The standard InChI is InChI=1S/C21H21ClF3N5O5S/c1-26-20(34)29-13(9-27-19(33)15-4-5-16(22)36-15)18(32)28-11-2-3-14(12(8-11)21(23,24)25)30-6-7-35-10-17(30)31/h2-5,8,13H,6-7,9-10H2,1H3,(H,27,33)(H,28,32)(H2,26,29,34)/t13-/m0/s1. The lowest BCUT2D eigenvalue weighted by Crippen LogP contribution is -2.52. The normalized spacial score (nSPS) is 14.7. The van der Waals surface area contributed by atoms with E-state index in [0.29, 0.717) is 10.4 Å². The topological polar surface area (TPSA) is 129 Å². The molecule has 1 fully saturated rings. The van der Waals surface area contributed by atoms with Crippen LogP contribution >= 0.6 is 22.9 Å². The minimum atomic E-state index is -4.83. The highest BCUT2D eigenvalue weighted by Gasteiger charge is 2.37. The fourth-order valence-corrected chi connectivity index (χ4v) is 4.20. The van der Waals surface area contributed by atoms with Crippen LogP contribution in [0, 0.1) is 0 Å². The van der Waals surface area contributed by atoms with E-state index in [-0.39, 0.29) is 42.6 Å². The molecule has 5 amide bonds. The SMILES string of the molecule is CNC(=O)N[C@@H](CNC(=O)c1ccc(Cl)s1)C(=O)Nc1ccc(N2CCOCC2=O)c(C(F)(F)F)c1. The van der Waals surface area contributed by atoms with E-state index in [9.17, 15) is 32.3 Å². The third-order valence-electron chi connectivity index (χ3n) is 4.96. The van der Waals surface area contributed by atoms with Crippen LogP contribution in [0.3, 0.4) is 0 Å². The van der Waals surface area contributed by atoms with Crippen LogP contribution in [0.15, 0.2) is 30.3 Å². The Bertz CT molecular complexity index is 1160. The van der Waals surface area contributed by atoms with E-state index in [4.69, 9.17) is 16.3 Å². The molecule has 1 atom stereocenters. The number of hydrogen-bond acceptors (Lipinski definition) is 6. The average molecular weight is 548 g/mol. The van der Waals surface area contributed by atoms with Gasteiger partial charge in [-0.25, -0.2) is 4.79 Å². The number of amides is 5. The Balaban J connectivity index is 1.79. The number of thiophene rings is 1. The van der Waals surface area contributed by atoms with Gasteiger partial charge in [-0.1, -0.05) is 11.6 Å². The molecule has 1 aromatic heterocycles. The summed E-state index contributed by atoms with van der Waals surface area (Å²) >= 11 is 6.81. The Hall–Kier alpha value is -3.36. The molecule has 1 aliphatic heterocycles. The number of morpholine rings is 1. The number of nitrogens with zero attached hydrogens (tertiary/aromatic N) is 1. The Morgan fingerprint density at radius 2 is 1.97 bits per heavy atom. The Labute approximate surface area is 212 Å². The van der Waals surface area contributed by atoms with E-state index >= 15 is 0 Å². The molecule has 1 saturated heterocycles. The van der Waals surface area contributed by atoms with Crippen molar-refractivity contribution in [1.29, 1.82) is 0 Å². The number of anilines is 2. The number of alkyl halides is 3. The fraction of sp³-hybridized carbons (Fsp3) is 0.333. The molecule has 3 rings (SSSR count). The summed E-state index contributed by atoms with van der Waals surface area (Å²) in [5.74, 6) is -2.06. The van der Waals surface area contributed by atoms with Crippen molar-refractivity contribution in [3.8, 4) is 0 Å². The van der Waals surface area contributed by atoms with E-state index < -0.39 is 41.5 Å². The van der Waals surface area contributed by atoms with E-state index in [1.165, 1.54) is 25.2 Å². The highest BCUT2D eigenvalue weighted by molar-refractivity contribution is 7.18. The summed E-state index contributed by atoms with van der Waals surface area (Å²) in [6, 6.07) is 3.88. The maximum Gasteiger partial charge on any atom is 0.418 e. The molecule has 0 saturated carbocycles. The van der Waals surface area contributed by atoms with Gasteiger partial charge in [-0.15, -0.1) is 11.3 Å². The van der Waals surface area contributed by atoms with Crippen molar-refractivity contribution in [3.63, 3.8) is 0 Å². The number of carbonyl (C=O) groups is 4. The second-order valence-corrected chi connectivity index (χ2v) is 9.12. The lowest BCUT2D eigenvalue weighted by atomic mass is 10.1. The van der Waals surface area contributed by atoms with Gasteiger partial charge in [-0.05, 0) is 30.3 Å². The minimum absolute atomic E-state index is 0.0547. The second-order valence-electron chi connectivity index (χ2n) is 7.41. The van der Waals surface area contributed by atoms with Gasteiger partial charge in [0.2, 0.25) is 5.91 Å². The summed E-state index contributed by atoms with van der Waals surface area (Å²) in [5.41, 5.74) is -1.72. The highest BCUT2D eigenvalue weighted by Crippen LogP contribution is 2.38.